The fourth-order valence-electron chi connectivity index (χ4n) is 3.16. The van der Waals surface area contributed by atoms with E-state index in [0.29, 0.717) is 12.3 Å². The number of carbonyl (C=O) groups excluding carboxylic acids is 1. The monoisotopic (exact) mass is 328 g/mol. The summed E-state index contributed by atoms with van der Waals surface area (Å²) in [5.74, 6) is -0.169. The Morgan fingerprint density at radius 3 is 2.92 bits per heavy atom. The first-order chi connectivity index (χ1) is 11.5. The number of piperidine rings is 1. The molecule has 1 amide bonds. The highest BCUT2D eigenvalue weighted by molar-refractivity contribution is 5.87. The van der Waals surface area contributed by atoms with E-state index in [4.69, 9.17) is 9.63 Å². The lowest BCUT2D eigenvalue weighted by Crippen LogP contribution is -2.39. The maximum absolute atomic E-state index is 12.5. The van der Waals surface area contributed by atoms with E-state index >= 15 is 0 Å². The van der Waals surface area contributed by atoms with E-state index in [2.05, 4.69) is 5.16 Å². The smallest absolute Gasteiger partial charge is 0.335 e. The number of carboxylic acids is 1. The Balaban J connectivity index is 1.68. The summed E-state index contributed by atoms with van der Waals surface area (Å²) in [7, 11) is 0. The van der Waals surface area contributed by atoms with Crippen molar-refractivity contribution in [1.82, 2.24) is 10.1 Å². The van der Waals surface area contributed by atoms with E-state index < -0.39 is 5.97 Å². The second kappa shape index (κ2) is 6.86. The Hall–Kier alpha value is -2.63. The van der Waals surface area contributed by atoms with Crippen molar-refractivity contribution in [3.05, 3.63) is 52.9 Å². The summed E-state index contributed by atoms with van der Waals surface area (Å²) in [6.07, 6.45) is 2.07. The van der Waals surface area contributed by atoms with Gasteiger partial charge >= 0.3 is 5.97 Å². The number of aromatic carboxylic acids is 1. The zero-order chi connectivity index (χ0) is 17.1. The average molecular weight is 328 g/mol. The first kappa shape index (κ1) is 16.2. The van der Waals surface area contributed by atoms with Crippen LogP contribution in [0.1, 0.15) is 46.1 Å². The van der Waals surface area contributed by atoms with E-state index in [0.717, 1.165) is 30.6 Å². The molecule has 3 rings (SSSR count). The Morgan fingerprint density at radius 2 is 2.21 bits per heavy atom. The third kappa shape index (κ3) is 3.64. The zero-order valence-corrected chi connectivity index (χ0v) is 13.6. The molecule has 1 aliphatic heterocycles. The molecule has 1 aromatic carbocycles. The topological polar surface area (TPSA) is 83.6 Å². The number of carboxylic acid groups (broad SMARTS) is 1. The lowest BCUT2D eigenvalue weighted by atomic mass is 9.89. The number of amides is 1. The van der Waals surface area contributed by atoms with Gasteiger partial charge in [0.05, 0.1) is 17.7 Å². The van der Waals surface area contributed by atoms with Crippen LogP contribution in [0.15, 0.2) is 34.9 Å². The molecule has 1 aliphatic rings. The van der Waals surface area contributed by atoms with Gasteiger partial charge in [0.2, 0.25) is 5.91 Å². The van der Waals surface area contributed by atoms with Crippen molar-refractivity contribution < 1.29 is 19.2 Å². The molecule has 0 spiro atoms. The zero-order valence-electron chi connectivity index (χ0n) is 13.6. The van der Waals surface area contributed by atoms with Crippen LogP contribution in [0.5, 0.6) is 0 Å². The van der Waals surface area contributed by atoms with Crippen molar-refractivity contribution in [2.45, 2.75) is 32.1 Å². The molecule has 6 heteroatoms. The molecule has 0 bridgehead atoms. The fraction of sp³-hybridized carbons (Fsp3) is 0.389. The average Bonchev–Trinajstić information content (AvgIpc) is 3.00. The van der Waals surface area contributed by atoms with Gasteiger partial charge in [0.1, 0.15) is 5.76 Å². The van der Waals surface area contributed by atoms with Crippen LogP contribution >= 0.6 is 0 Å². The molecule has 2 heterocycles. The van der Waals surface area contributed by atoms with Gasteiger partial charge in [-0.3, -0.25) is 4.79 Å². The van der Waals surface area contributed by atoms with Gasteiger partial charge in [-0.05, 0) is 37.5 Å². The quantitative estimate of drug-likeness (QED) is 0.933. The number of aromatic nitrogens is 1. The second-order valence-corrected chi connectivity index (χ2v) is 6.22. The SMILES string of the molecule is Cc1cc(CC(=O)N2CCC[C@@H](c3cccc(C(=O)O)c3)C2)on1. The van der Waals surface area contributed by atoms with Crippen molar-refractivity contribution in [1.29, 1.82) is 0 Å². The third-order valence-corrected chi connectivity index (χ3v) is 4.38. The Bertz CT molecular complexity index is 753. The van der Waals surface area contributed by atoms with Gasteiger partial charge in [0.25, 0.3) is 0 Å². The molecule has 0 aliphatic carbocycles. The molecular weight excluding hydrogens is 308 g/mol. The highest BCUT2D eigenvalue weighted by Gasteiger charge is 2.26. The van der Waals surface area contributed by atoms with Crippen LogP contribution in [0.25, 0.3) is 0 Å². The summed E-state index contributed by atoms with van der Waals surface area (Å²) in [4.78, 5) is 25.4. The number of aryl methyl sites for hydroxylation is 1. The molecule has 0 saturated carbocycles. The van der Waals surface area contributed by atoms with Crippen LogP contribution in [0, 0.1) is 6.92 Å². The molecule has 0 radical (unpaired) electrons. The van der Waals surface area contributed by atoms with E-state index in [9.17, 15) is 9.59 Å². The van der Waals surface area contributed by atoms with Gasteiger partial charge in [0.15, 0.2) is 0 Å². The molecule has 24 heavy (non-hydrogen) atoms. The molecule has 0 unspecified atom stereocenters. The summed E-state index contributed by atoms with van der Waals surface area (Å²) < 4.78 is 5.12. The van der Waals surface area contributed by atoms with Crippen LogP contribution in [-0.4, -0.2) is 40.1 Å². The molecule has 1 atom stereocenters. The van der Waals surface area contributed by atoms with Gasteiger partial charge < -0.3 is 14.5 Å². The van der Waals surface area contributed by atoms with Crippen LogP contribution in [0.4, 0.5) is 0 Å². The Morgan fingerprint density at radius 1 is 1.38 bits per heavy atom. The number of benzene rings is 1. The molecule has 1 N–H and O–H groups in total. The van der Waals surface area contributed by atoms with Crippen molar-refractivity contribution in [2.75, 3.05) is 13.1 Å². The van der Waals surface area contributed by atoms with E-state index in [1.807, 2.05) is 17.9 Å². The Kier molecular flexibility index (Phi) is 4.64. The predicted molar refractivity (Wildman–Crippen MR) is 86.9 cm³/mol. The van der Waals surface area contributed by atoms with Gasteiger partial charge in [-0.15, -0.1) is 0 Å². The second-order valence-electron chi connectivity index (χ2n) is 6.22. The number of carbonyl (C=O) groups is 2. The van der Waals surface area contributed by atoms with Crippen molar-refractivity contribution in [2.24, 2.45) is 0 Å². The summed E-state index contributed by atoms with van der Waals surface area (Å²) in [6.45, 7) is 3.15. The molecule has 1 fully saturated rings. The van der Waals surface area contributed by atoms with E-state index in [1.54, 1.807) is 24.3 Å². The minimum Gasteiger partial charge on any atom is -0.478 e. The van der Waals surface area contributed by atoms with Gasteiger partial charge in [-0.25, -0.2) is 4.79 Å². The highest BCUT2D eigenvalue weighted by Crippen LogP contribution is 2.28. The van der Waals surface area contributed by atoms with Crippen molar-refractivity contribution >= 4 is 11.9 Å². The summed E-state index contributed by atoms with van der Waals surface area (Å²) >= 11 is 0. The third-order valence-electron chi connectivity index (χ3n) is 4.38. The van der Waals surface area contributed by atoms with E-state index in [1.165, 1.54) is 0 Å². The lowest BCUT2D eigenvalue weighted by Gasteiger charge is -2.33. The minimum atomic E-state index is -0.929. The molecule has 6 nitrogen and oxygen atoms in total. The van der Waals surface area contributed by atoms with E-state index in [-0.39, 0.29) is 23.8 Å². The standard InChI is InChI=1S/C18H20N2O4/c1-12-8-16(24-19-12)10-17(21)20-7-3-6-15(11-20)13-4-2-5-14(9-13)18(22)23/h2,4-5,8-9,15H,3,6-7,10-11H2,1H3,(H,22,23)/t15-/m1/s1. The number of rotatable bonds is 4. The normalized spacial score (nSPS) is 17.7. The fourth-order valence-corrected chi connectivity index (χ4v) is 3.16. The molecule has 1 aromatic heterocycles. The first-order valence-electron chi connectivity index (χ1n) is 8.06. The largest absolute Gasteiger partial charge is 0.478 e. The molecular formula is C18H20N2O4. The predicted octanol–water partition coefficient (Wildman–Crippen LogP) is 2.63. The lowest BCUT2D eigenvalue weighted by molar-refractivity contribution is -0.132. The van der Waals surface area contributed by atoms with Gasteiger partial charge in [-0.2, -0.15) is 0 Å². The maximum atomic E-state index is 12.5. The number of hydrogen-bond donors (Lipinski definition) is 1. The summed E-state index contributed by atoms with van der Waals surface area (Å²) in [6, 6.07) is 8.77. The molecule has 1 saturated heterocycles. The first-order valence-corrected chi connectivity index (χ1v) is 8.06. The van der Waals surface area contributed by atoms with Crippen LogP contribution < -0.4 is 0 Å². The molecule has 2 aromatic rings. The molecule has 126 valence electrons. The minimum absolute atomic E-state index is 0.0187. The van der Waals surface area contributed by atoms with Crippen molar-refractivity contribution in [3.63, 3.8) is 0 Å². The summed E-state index contributed by atoms with van der Waals surface area (Å²) in [5, 5.41) is 12.9. The Labute approximate surface area is 140 Å². The number of likely N-dealkylation sites (tertiary alicyclic amines) is 1. The highest BCUT2D eigenvalue weighted by atomic mass is 16.5. The van der Waals surface area contributed by atoms with Crippen LogP contribution in [0.3, 0.4) is 0 Å². The van der Waals surface area contributed by atoms with Gasteiger partial charge in [0, 0.05) is 25.1 Å². The van der Waals surface area contributed by atoms with Gasteiger partial charge in [-0.1, -0.05) is 17.3 Å². The van der Waals surface area contributed by atoms with Crippen LogP contribution in [0.2, 0.25) is 0 Å². The summed E-state index contributed by atoms with van der Waals surface area (Å²) in [5.41, 5.74) is 2.02. The van der Waals surface area contributed by atoms with Crippen molar-refractivity contribution in [3.8, 4) is 0 Å². The number of nitrogens with zero attached hydrogens (tertiary/aromatic N) is 2. The maximum Gasteiger partial charge on any atom is 0.335 e. The number of hydrogen-bond acceptors (Lipinski definition) is 4. The van der Waals surface area contributed by atoms with Crippen LogP contribution in [-0.2, 0) is 11.2 Å².